The maximum absolute atomic E-state index is 13.1. The number of carboxylic acids is 1. The van der Waals surface area contributed by atoms with Crippen molar-refractivity contribution in [2.45, 2.75) is 50.1 Å². The van der Waals surface area contributed by atoms with E-state index in [0.29, 0.717) is 17.9 Å². The predicted octanol–water partition coefficient (Wildman–Crippen LogP) is -1.42. The summed E-state index contributed by atoms with van der Waals surface area (Å²) < 4.78 is 0. The number of hydrogen-bond acceptors (Lipinski definition) is 9. The molecule has 4 rings (SSSR count). The number of nitrogens with zero attached hydrogens (tertiary/aromatic N) is 6. The van der Waals surface area contributed by atoms with Crippen LogP contribution in [-0.4, -0.2) is 103 Å². The number of aliphatic carboxylic acids is 1. The smallest absolute Gasteiger partial charge is 0.353 e. The number of carbonyl (C=O) groups is 4. The van der Waals surface area contributed by atoms with E-state index in [9.17, 15) is 24.3 Å². The summed E-state index contributed by atoms with van der Waals surface area (Å²) >= 11 is 1.43. The van der Waals surface area contributed by atoms with Crippen molar-refractivity contribution < 1.29 is 24.3 Å². The first-order valence-corrected chi connectivity index (χ1v) is 12.3. The number of likely N-dealkylation sites (N-methyl/N-ethyl adjacent to an activating group) is 1. The number of amides is 3. The summed E-state index contributed by atoms with van der Waals surface area (Å²) in [4.78, 5) is 54.8. The molecular formula is C21H30N8O5S. The van der Waals surface area contributed by atoms with E-state index in [1.807, 2.05) is 6.92 Å². The molecule has 0 bridgehead atoms. The molecule has 1 aromatic rings. The lowest BCUT2D eigenvalue weighted by Crippen LogP contribution is -2.66. The van der Waals surface area contributed by atoms with E-state index in [1.165, 1.54) is 26.4 Å². The van der Waals surface area contributed by atoms with Crippen LogP contribution in [0.3, 0.4) is 0 Å². The number of rotatable bonds is 8. The van der Waals surface area contributed by atoms with Crippen LogP contribution in [0.25, 0.3) is 0 Å². The zero-order valence-electron chi connectivity index (χ0n) is 20.3. The van der Waals surface area contributed by atoms with Crippen LogP contribution in [0.1, 0.15) is 26.1 Å². The van der Waals surface area contributed by atoms with Crippen LogP contribution in [0.5, 0.6) is 0 Å². The van der Waals surface area contributed by atoms with Gasteiger partial charge in [-0.2, -0.15) is 4.80 Å². The summed E-state index contributed by atoms with van der Waals surface area (Å²) in [5.74, 6) is -2.29. The van der Waals surface area contributed by atoms with Crippen LogP contribution in [0.4, 0.5) is 0 Å². The van der Waals surface area contributed by atoms with Gasteiger partial charge in [-0.15, -0.1) is 22.0 Å². The highest BCUT2D eigenvalue weighted by molar-refractivity contribution is 8.03. The van der Waals surface area contributed by atoms with Gasteiger partial charge in [0.05, 0.1) is 31.5 Å². The first kappa shape index (κ1) is 25.1. The van der Waals surface area contributed by atoms with Gasteiger partial charge in [-0.25, -0.2) is 4.79 Å². The fourth-order valence-corrected chi connectivity index (χ4v) is 6.58. The molecule has 3 N–H and O–H groups in total. The van der Waals surface area contributed by atoms with Crippen molar-refractivity contribution in [2.75, 3.05) is 20.6 Å². The summed E-state index contributed by atoms with van der Waals surface area (Å²) in [6.07, 6.45) is 0.514. The van der Waals surface area contributed by atoms with Crippen molar-refractivity contribution in [3.05, 3.63) is 16.4 Å². The number of β-lactam (4-membered cyclic amide) rings is 1. The van der Waals surface area contributed by atoms with Crippen LogP contribution >= 0.6 is 11.8 Å². The average molecular weight is 507 g/mol. The van der Waals surface area contributed by atoms with Gasteiger partial charge in [-0.05, 0) is 18.6 Å². The van der Waals surface area contributed by atoms with E-state index in [0.717, 1.165) is 0 Å². The SMILES string of the molecule is C[C@@H](NC(=O)Cc1nnn(C)n1)[C@H]1C(=O)N2C(C(=O)O)=C(S[C@@H]3CN[C@H](C(=O)N(C)C)C3)[C@H](C)[C@H]12. The molecule has 14 heteroatoms. The molecule has 0 saturated carbocycles. The van der Waals surface area contributed by atoms with Gasteiger partial charge in [-0.1, -0.05) is 6.92 Å². The molecule has 0 radical (unpaired) electrons. The van der Waals surface area contributed by atoms with Gasteiger partial charge in [0.1, 0.15) is 5.70 Å². The molecular weight excluding hydrogens is 476 g/mol. The van der Waals surface area contributed by atoms with Crippen LogP contribution in [0.15, 0.2) is 10.6 Å². The molecule has 35 heavy (non-hydrogen) atoms. The number of nitrogens with one attached hydrogen (secondary N) is 2. The third-order valence-electron chi connectivity index (χ3n) is 6.71. The lowest BCUT2D eigenvalue weighted by molar-refractivity contribution is -0.158. The topological polar surface area (TPSA) is 163 Å². The van der Waals surface area contributed by atoms with Gasteiger partial charge in [0.25, 0.3) is 0 Å². The van der Waals surface area contributed by atoms with Gasteiger partial charge in [0.2, 0.25) is 17.7 Å². The minimum Gasteiger partial charge on any atom is -0.477 e. The fraction of sp³-hybridized carbons (Fsp3) is 0.667. The Labute approximate surface area is 206 Å². The van der Waals surface area contributed by atoms with E-state index in [4.69, 9.17) is 0 Å². The third kappa shape index (κ3) is 4.63. The second kappa shape index (κ2) is 9.57. The fourth-order valence-electron chi connectivity index (χ4n) is 5.10. The molecule has 4 heterocycles. The average Bonchev–Trinajstić information content (AvgIpc) is 3.46. The molecule has 0 spiro atoms. The summed E-state index contributed by atoms with van der Waals surface area (Å²) in [5, 5.41) is 27.5. The molecule has 6 atom stereocenters. The highest BCUT2D eigenvalue weighted by Crippen LogP contribution is 2.51. The minimum absolute atomic E-state index is 0.0124. The Balaban J connectivity index is 1.43. The summed E-state index contributed by atoms with van der Waals surface area (Å²) in [7, 11) is 5.01. The normalized spacial score (nSPS) is 28.5. The molecule has 1 aromatic heterocycles. The molecule has 3 aliphatic rings. The highest BCUT2D eigenvalue weighted by Gasteiger charge is 2.60. The largest absolute Gasteiger partial charge is 0.477 e. The van der Waals surface area contributed by atoms with E-state index in [-0.39, 0.29) is 58.9 Å². The van der Waals surface area contributed by atoms with Crippen molar-refractivity contribution in [1.82, 2.24) is 40.6 Å². The van der Waals surface area contributed by atoms with Crippen LogP contribution < -0.4 is 10.6 Å². The number of carbonyl (C=O) groups excluding carboxylic acids is 3. The molecule has 0 aromatic carbocycles. The number of thioether (sulfide) groups is 1. The summed E-state index contributed by atoms with van der Waals surface area (Å²) in [5.41, 5.74) is 0.0124. The molecule has 0 aliphatic carbocycles. The van der Waals surface area contributed by atoms with Crippen molar-refractivity contribution >= 4 is 35.5 Å². The van der Waals surface area contributed by atoms with Crippen molar-refractivity contribution in [1.29, 1.82) is 0 Å². The van der Waals surface area contributed by atoms with Gasteiger partial charge < -0.3 is 25.5 Å². The Morgan fingerprint density at radius 2 is 2.06 bits per heavy atom. The van der Waals surface area contributed by atoms with Crippen LogP contribution in [-0.2, 0) is 32.6 Å². The number of hydrogen-bond donors (Lipinski definition) is 3. The van der Waals surface area contributed by atoms with E-state index < -0.39 is 17.9 Å². The molecule has 13 nitrogen and oxygen atoms in total. The standard InChI is InChI=1S/C21H30N8O5S/c1-9-16-15(10(2)23-14(30)7-13-24-26-28(5)25-13)20(32)29(16)17(21(33)34)18(9)35-11-6-12(22-8-11)19(31)27(3)4/h9-12,15-16,22H,6-8H2,1-5H3,(H,23,30)(H,33,34)/t9-,10-,11+,12+,15-,16-/m1/s1. The number of tetrazole rings is 1. The number of carboxylic acid groups (broad SMARTS) is 1. The quantitative estimate of drug-likeness (QED) is 0.357. The Kier molecular flexibility index (Phi) is 6.86. The van der Waals surface area contributed by atoms with Gasteiger partial charge in [-0.3, -0.25) is 14.4 Å². The van der Waals surface area contributed by atoms with E-state index in [2.05, 4.69) is 26.0 Å². The Bertz CT molecular complexity index is 1090. The molecule has 3 aliphatic heterocycles. The molecule has 0 unspecified atom stereocenters. The molecule has 2 fully saturated rings. The Morgan fingerprint density at radius 1 is 1.34 bits per heavy atom. The number of fused-ring (bicyclic) bond motifs is 1. The first-order valence-electron chi connectivity index (χ1n) is 11.4. The van der Waals surface area contributed by atoms with Crippen LogP contribution in [0, 0.1) is 11.8 Å². The van der Waals surface area contributed by atoms with E-state index >= 15 is 0 Å². The minimum atomic E-state index is -1.15. The van der Waals surface area contributed by atoms with Crippen molar-refractivity contribution in [3.8, 4) is 0 Å². The highest BCUT2D eigenvalue weighted by atomic mass is 32.2. The first-order chi connectivity index (χ1) is 16.5. The van der Waals surface area contributed by atoms with Crippen molar-refractivity contribution in [3.63, 3.8) is 0 Å². The van der Waals surface area contributed by atoms with Gasteiger partial charge in [0, 0.05) is 42.8 Å². The number of aryl methyl sites for hydroxylation is 1. The summed E-state index contributed by atoms with van der Waals surface area (Å²) in [6, 6.07) is -1.15. The molecule has 2 saturated heterocycles. The van der Waals surface area contributed by atoms with E-state index in [1.54, 1.807) is 28.1 Å². The zero-order valence-corrected chi connectivity index (χ0v) is 21.1. The van der Waals surface area contributed by atoms with Gasteiger partial charge >= 0.3 is 5.97 Å². The third-order valence-corrected chi connectivity index (χ3v) is 8.22. The van der Waals surface area contributed by atoms with Crippen molar-refractivity contribution in [2.24, 2.45) is 18.9 Å². The molecule has 190 valence electrons. The Hall–Kier alpha value is -3.00. The Morgan fingerprint density at radius 3 is 2.66 bits per heavy atom. The molecule has 3 amide bonds. The summed E-state index contributed by atoms with van der Waals surface area (Å²) in [6.45, 7) is 4.24. The number of aromatic nitrogens is 4. The maximum Gasteiger partial charge on any atom is 0.353 e. The van der Waals surface area contributed by atoms with Gasteiger partial charge in [0.15, 0.2) is 5.82 Å². The van der Waals surface area contributed by atoms with Crippen LogP contribution in [0.2, 0.25) is 0 Å². The maximum atomic E-state index is 13.1. The zero-order chi connectivity index (χ0) is 25.6. The second-order valence-corrected chi connectivity index (χ2v) is 10.8. The monoisotopic (exact) mass is 506 g/mol. The second-order valence-electron chi connectivity index (χ2n) is 9.43. The predicted molar refractivity (Wildman–Crippen MR) is 125 cm³/mol. The lowest BCUT2D eigenvalue weighted by atomic mass is 9.78. The lowest BCUT2D eigenvalue weighted by Gasteiger charge is -2.47.